The van der Waals surface area contributed by atoms with E-state index in [0.29, 0.717) is 19.6 Å². The normalized spacial score (nSPS) is 21.5. The van der Waals surface area contributed by atoms with Crippen LogP contribution in [-0.4, -0.2) is 114 Å². The molecule has 7 N–H and O–H groups in total. The Morgan fingerprint density at radius 1 is 1.28 bits per heavy atom. The summed E-state index contributed by atoms with van der Waals surface area (Å²) in [7, 11) is -5.05. The number of carboxylic acid groups (broad SMARTS) is 1. The number of carboxylic acids is 1. The standard InChI is InChI=1S/C21H26N10O10S2/c22-3-10-5-29(6-10)20(36)40-8-11-4-24-30(27-11)7-13-15(17(33)31(13)43(37,38)39)26-16(32)14(12-9-42-19(23)25-12)28-41-21(1-2-21)18(34)35/h4,9-10,13,15H,1-3,5-8,22H2,(H2,23,25)(H,26,32)(H,34,35)(H,37,38,39)/t13-,15+/m1/s1. The number of anilines is 1. The lowest BCUT2D eigenvalue weighted by Crippen LogP contribution is -2.73. The number of amides is 3. The van der Waals surface area contributed by atoms with E-state index >= 15 is 0 Å². The zero-order valence-electron chi connectivity index (χ0n) is 22.1. The number of hydrogen-bond donors (Lipinski definition) is 5. The van der Waals surface area contributed by atoms with Crippen LogP contribution in [-0.2, 0) is 47.4 Å². The van der Waals surface area contributed by atoms with Gasteiger partial charge in [0.05, 0.1) is 12.7 Å². The van der Waals surface area contributed by atoms with Crippen molar-refractivity contribution in [3.05, 3.63) is 23.0 Å². The van der Waals surface area contributed by atoms with Gasteiger partial charge in [0.1, 0.15) is 30.1 Å². The van der Waals surface area contributed by atoms with Crippen LogP contribution in [0.4, 0.5) is 9.93 Å². The maximum absolute atomic E-state index is 13.2. The van der Waals surface area contributed by atoms with E-state index in [2.05, 4.69) is 25.7 Å². The van der Waals surface area contributed by atoms with Crippen molar-refractivity contribution >= 4 is 56.4 Å². The second kappa shape index (κ2) is 11.3. The molecule has 2 aromatic rings. The van der Waals surface area contributed by atoms with Crippen LogP contribution in [0.3, 0.4) is 0 Å². The Labute approximate surface area is 246 Å². The molecule has 2 aliphatic heterocycles. The van der Waals surface area contributed by atoms with Gasteiger partial charge in [-0.05, 0) is 6.54 Å². The summed E-state index contributed by atoms with van der Waals surface area (Å²) in [6.45, 7) is 0.749. The van der Waals surface area contributed by atoms with Gasteiger partial charge in [0, 0.05) is 37.2 Å². The number of ether oxygens (including phenoxy) is 1. The van der Waals surface area contributed by atoms with Crippen molar-refractivity contribution in [2.75, 3.05) is 25.4 Å². The Kier molecular flexibility index (Phi) is 7.93. The minimum atomic E-state index is -5.05. The topological polar surface area (TPSA) is 288 Å². The highest BCUT2D eigenvalue weighted by molar-refractivity contribution is 7.84. The molecule has 0 radical (unpaired) electrons. The number of aromatic nitrogens is 4. The fourth-order valence-corrected chi connectivity index (χ4v) is 5.71. The number of β-lactam (4-membered cyclic amide) rings is 1. The minimum absolute atomic E-state index is 0.0564. The largest absolute Gasteiger partial charge is 0.478 e. The Hall–Kier alpha value is -4.41. The molecule has 0 bridgehead atoms. The van der Waals surface area contributed by atoms with Crippen molar-refractivity contribution < 1.29 is 46.8 Å². The van der Waals surface area contributed by atoms with Crippen molar-refractivity contribution in [3.63, 3.8) is 0 Å². The van der Waals surface area contributed by atoms with Gasteiger partial charge in [-0.3, -0.25) is 14.1 Å². The van der Waals surface area contributed by atoms with E-state index in [4.69, 9.17) is 21.0 Å². The number of oxime groups is 1. The molecule has 5 rings (SSSR count). The smallest absolute Gasteiger partial charge is 0.410 e. The van der Waals surface area contributed by atoms with E-state index in [0.717, 1.165) is 16.1 Å². The van der Waals surface area contributed by atoms with E-state index in [9.17, 15) is 37.3 Å². The number of carbonyl (C=O) groups excluding carboxylic acids is 3. The summed E-state index contributed by atoms with van der Waals surface area (Å²) in [5.74, 6) is -3.30. The molecule has 2 aromatic heterocycles. The van der Waals surface area contributed by atoms with E-state index in [1.807, 2.05) is 0 Å². The molecule has 4 heterocycles. The van der Waals surface area contributed by atoms with Crippen molar-refractivity contribution in [3.8, 4) is 0 Å². The molecule has 3 fully saturated rings. The Balaban J connectivity index is 1.28. The van der Waals surface area contributed by atoms with E-state index < -0.39 is 64.1 Å². The van der Waals surface area contributed by atoms with Crippen molar-refractivity contribution in [2.24, 2.45) is 16.8 Å². The highest BCUT2D eigenvalue weighted by atomic mass is 32.2. The number of nitrogens with two attached hydrogens (primary N) is 2. The van der Waals surface area contributed by atoms with Gasteiger partial charge in [-0.1, -0.05) is 5.16 Å². The third-order valence-electron chi connectivity index (χ3n) is 6.92. The zero-order valence-corrected chi connectivity index (χ0v) is 23.7. The molecule has 2 saturated heterocycles. The summed E-state index contributed by atoms with van der Waals surface area (Å²) >= 11 is 0.953. The zero-order chi connectivity index (χ0) is 31.1. The quantitative estimate of drug-likeness (QED) is 0.0685. The third-order valence-corrected chi connectivity index (χ3v) is 8.54. The summed E-state index contributed by atoms with van der Waals surface area (Å²) in [6.07, 6.45) is 0.987. The summed E-state index contributed by atoms with van der Waals surface area (Å²) < 4.78 is 38.8. The molecule has 0 aromatic carbocycles. The van der Waals surface area contributed by atoms with Gasteiger partial charge in [-0.2, -0.15) is 23.4 Å². The first kappa shape index (κ1) is 30.1. The average molecular weight is 643 g/mol. The molecular formula is C21H26N10O10S2. The number of hydrogen-bond acceptors (Lipinski definition) is 15. The number of carbonyl (C=O) groups is 4. The number of likely N-dealkylation sites (tertiary alicyclic amines) is 1. The molecule has 1 aliphatic carbocycles. The Morgan fingerprint density at radius 3 is 2.58 bits per heavy atom. The predicted octanol–water partition coefficient (Wildman–Crippen LogP) is -2.62. The molecule has 0 spiro atoms. The first-order valence-electron chi connectivity index (χ1n) is 12.6. The van der Waals surface area contributed by atoms with Gasteiger partial charge in [0.25, 0.3) is 11.8 Å². The van der Waals surface area contributed by atoms with E-state index in [-0.39, 0.29) is 46.2 Å². The van der Waals surface area contributed by atoms with Gasteiger partial charge in [0.15, 0.2) is 10.8 Å². The highest BCUT2D eigenvalue weighted by Crippen LogP contribution is 2.40. The van der Waals surface area contributed by atoms with Crippen LogP contribution in [0.25, 0.3) is 0 Å². The maximum Gasteiger partial charge on any atom is 0.410 e. The lowest BCUT2D eigenvalue weighted by atomic mass is 9.98. The maximum atomic E-state index is 13.2. The van der Waals surface area contributed by atoms with Crippen LogP contribution in [0.1, 0.15) is 24.2 Å². The SMILES string of the molecule is NCC1CN(C(=O)OCc2cnn(C[C@@H]3[C@H](NC(=O)C(=NOC4(C(=O)O)CC4)c4csc(N)n4)C(=O)N3S(=O)(=O)O)n2)C1. The van der Waals surface area contributed by atoms with Gasteiger partial charge in [-0.25, -0.2) is 18.9 Å². The summed E-state index contributed by atoms with van der Waals surface area (Å²) in [5, 5.41) is 24.8. The number of nitrogens with one attached hydrogen (secondary N) is 1. The number of nitrogen functional groups attached to an aromatic ring is 1. The van der Waals surface area contributed by atoms with Gasteiger partial charge in [0.2, 0.25) is 5.60 Å². The number of aliphatic carboxylic acids is 1. The average Bonchev–Trinajstić information content (AvgIpc) is 3.38. The monoisotopic (exact) mass is 642 g/mol. The van der Waals surface area contributed by atoms with Gasteiger partial charge < -0.3 is 36.4 Å². The van der Waals surface area contributed by atoms with Crippen LogP contribution in [0.15, 0.2) is 16.7 Å². The van der Waals surface area contributed by atoms with Crippen LogP contribution in [0.5, 0.6) is 0 Å². The Morgan fingerprint density at radius 2 is 2.00 bits per heavy atom. The van der Waals surface area contributed by atoms with Gasteiger partial charge >= 0.3 is 22.4 Å². The second-order valence-electron chi connectivity index (χ2n) is 9.98. The number of nitrogens with zero attached hydrogens (tertiary/aromatic N) is 7. The first-order valence-corrected chi connectivity index (χ1v) is 14.9. The minimum Gasteiger partial charge on any atom is -0.478 e. The molecule has 3 amide bonds. The third kappa shape index (κ3) is 6.21. The van der Waals surface area contributed by atoms with E-state index in [1.165, 1.54) is 16.5 Å². The number of thiazole rings is 1. The second-order valence-corrected chi connectivity index (χ2v) is 12.2. The van der Waals surface area contributed by atoms with Crippen LogP contribution in [0.2, 0.25) is 0 Å². The molecule has 43 heavy (non-hydrogen) atoms. The number of rotatable bonds is 12. The fourth-order valence-electron chi connectivity index (χ4n) is 4.29. The fraction of sp³-hybridized carbons (Fsp3) is 0.524. The van der Waals surface area contributed by atoms with Crippen molar-refractivity contribution in [1.82, 2.24) is 34.5 Å². The molecule has 232 valence electrons. The molecule has 22 heteroatoms. The van der Waals surface area contributed by atoms with Crippen LogP contribution >= 0.6 is 11.3 Å². The predicted molar refractivity (Wildman–Crippen MR) is 142 cm³/mol. The molecule has 0 unspecified atom stereocenters. The molecule has 1 saturated carbocycles. The van der Waals surface area contributed by atoms with Gasteiger partial charge in [-0.15, -0.1) is 11.3 Å². The summed E-state index contributed by atoms with van der Waals surface area (Å²) in [5.41, 5.74) is 9.19. The van der Waals surface area contributed by atoms with Crippen LogP contribution < -0.4 is 16.8 Å². The summed E-state index contributed by atoms with van der Waals surface area (Å²) in [4.78, 5) is 61.1. The lowest BCUT2D eigenvalue weighted by molar-refractivity contribution is -0.153. The van der Waals surface area contributed by atoms with Crippen molar-refractivity contribution in [2.45, 2.75) is 43.7 Å². The van der Waals surface area contributed by atoms with E-state index in [1.54, 1.807) is 0 Å². The van der Waals surface area contributed by atoms with Crippen LogP contribution in [0, 0.1) is 5.92 Å². The molecule has 3 aliphatic rings. The molecular weight excluding hydrogens is 616 g/mol. The Bertz CT molecular complexity index is 1580. The summed E-state index contributed by atoms with van der Waals surface area (Å²) in [6, 6.07) is -2.90. The molecule has 2 atom stereocenters. The highest BCUT2D eigenvalue weighted by Gasteiger charge is 2.56. The molecule has 20 nitrogen and oxygen atoms in total. The van der Waals surface area contributed by atoms with Crippen molar-refractivity contribution in [1.29, 1.82) is 0 Å². The first-order chi connectivity index (χ1) is 20.3. The lowest BCUT2D eigenvalue weighted by Gasteiger charge is -2.43.